The zero-order valence-electron chi connectivity index (χ0n) is 22.8. The van der Waals surface area contributed by atoms with Crippen LogP contribution in [0, 0.1) is 5.82 Å². The van der Waals surface area contributed by atoms with Crippen molar-refractivity contribution < 1.29 is 28.2 Å². The van der Waals surface area contributed by atoms with Gasteiger partial charge in [-0.2, -0.15) is 0 Å². The second-order valence-electron chi connectivity index (χ2n) is 10.5. The highest BCUT2D eigenvalue weighted by Crippen LogP contribution is 2.35. The number of morpholine rings is 1. The predicted octanol–water partition coefficient (Wildman–Crippen LogP) is 4.86. The van der Waals surface area contributed by atoms with E-state index in [9.17, 15) is 14.0 Å². The van der Waals surface area contributed by atoms with Gasteiger partial charge in [-0.1, -0.05) is 17.7 Å². The number of hydrogen-bond acceptors (Lipinski definition) is 9. The largest absolute Gasteiger partial charge is 0.488 e. The molecule has 1 amide bonds. The number of aromatic nitrogens is 2. The van der Waals surface area contributed by atoms with Crippen molar-refractivity contribution in [2.45, 2.75) is 38.3 Å². The van der Waals surface area contributed by atoms with Crippen LogP contribution in [0.3, 0.4) is 0 Å². The fraction of sp³-hybridized carbons (Fsp3) is 0.379. The quantitative estimate of drug-likeness (QED) is 0.283. The first kappa shape index (κ1) is 28.7. The topological polar surface area (TPSA) is 115 Å². The Balaban J connectivity index is 1.40. The number of esters is 1. The minimum Gasteiger partial charge on any atom is -0.488 e. The number of carbonyl (C=O) groups is 2. The van der Waals surface area contributed by atoms with Crippen LogP contribution in [0.25, 0.3) is 10.9 Å². The Kier molecular flexibility index (Phi) is 8.67. The summed E-state index contributed by atoms with van der Waals surface area (Å²) in [7, 11) is 0. The van der Waals surface area contributed by atoms with Crippen LogP contribution >= 0.6 is 11.6 Å². The number of rotatable bonds is 8. The molecular formula is C29H31ClFN5O5. The predicted molar refractivity (Wildman–Crippen MR) is 153 cm³/mol. The summed E-state index contributed by atoms with van der Waals surface area (Å²) < 4.78 is 30.6. The molecule has 2 saturated heterocycles. The highest BCUT2D eigenvalue weighted by molar-refractivity contribution is 6.31. The fourth-order valence-electron chi connectivity index (χ4n) is 4.60. The number of halogens is 2. The molecule has 5 rings (SSSR count). The van der Waals surface area contributed by atoms with Gasteiger partial charge in [0, 0.05) is 42.6 Å². The van der Waals surface area contributed by atoms with E-state index in [1.165, 1.54) is 24.5 Å². The van der Waals surface area contributed by atoms with Crippen molar-refractivity contribution in [3.8, 4) is 5.75 Å². The van der Waals surface area contributed by atoms with E-state index in [4.69, 9.17) is 25.8 Å². The number of ether oxygens (including phenoxy) is 3. The summed E-state index contributed by atoms with van der Waals surface area (Å²) in [5.74, 6) is -0.263. The minimum absolute atomic E-state index is 0.0231. The van der Waals surface area contributed by atoms with E-state index >= 15 is 0 Å². The molecule has 0 atom stereocenters. The first-order valence-electron chi connectivity index (χ1n) is 13.3. The van der Waals surface area contributed by atoms with Gasteiger partial charge in [0.05, 0.1) is 41.5 Å². The van der Waals surface area contributed by atoms with Crippen molar-refractivity contribution in [3.05, 3.63) is 59.7 Å². The number of nitrogens with zero attached hydrogens (tertiary/aromatic N) is 3. The van der Waals surface area contributed by atoms with Crippen LogP contribution < -0.4 is 15.4 Å². The second kappa shape index (κ2) is 12.4. The maximum Gasteiger partial charge on any atom is 0.320 e. The van der Waals surface area contributed by atoms with Gasteiger partial charge in [0.1, 0.15) is 36.4 Å². The molecule has 2 aliphatic rings. The van der Waals surface area contributed by atoms with Crippen molar-refractivity contribution in [1.29, 1.82) is 0 Å². The number of cyclic esters (lactones) is 1. The molecule has 1 aromatic heterocycles. The average molecular weight is 584 g/mol. The number of fused-ring (bicyclic) bond motifs is 1. The van der Waals surface area contributed by atoms with Crippen molar-refractivity contribution in [2.75, 3.05) is 43.5 Å². The molecule has 2 aliphatic heterocycles. The summed E-state index contributed by atoms with van der Waals surface area (Å²) in [6.45, 7) is 6.01. The maximum absolute atomic E-state index is 13.7. The van der Waals surface area contributed by atoms with E-state index in [1.807, 2.05) is 18.7 Å². The third-order valence-electron chi connectivity index (χ3n) is 7.00. The van der Waals surface area contributed by atoms with Crippen LogP contribution in [0.5, 0.6) is 5.75 Å². The lowest BCUT2D eigenvalue weighted by molar-refractivity contribution is -0.159. The van der Waals surface area contributed by atoms with Gasteiger partial charge in [-0.25, -0.2) is 14.4 Å². The smallest absolute Gasteiger partial charge is 0.320 e. The van der Waals surface area contributed by atoms with Gasteiger partial charge >= 0.3 is 5.97 Å². The summed E-state index contributed by atoms with van der Waals surface area (Å²) in [4.78, 5) is 35.5. The number of nitrogens with one attached hydrogen (secondary N) is 2. The van der Waals surface area contributed by atoms with Crippen molar-refractivity contribution in [3.63, 3.8) is 0 Å². The zero-order chi connectivity index (χ0) is 29.0. The van der Waals surface area contributed by atoms with E-state index < -0.39 is 5.82 Å². The van der Waals surface area contributed by atoms with Gasteiger partial charge in [-0.15, -0.1) is 0 Å². The van der Waals surface area contributed by atoms with Gasteiger partial charge in [-0.05, 0) is 38.1 Å². The molecule has 41 heavy (non-hydrogen) atoms. The molecule has 12 heteroatoms. The monoisotopic (exact) mass is 583 g/mol. The molecule has 2 fully saturated rings. The Morgan fingerprint density at radius 1 is 1.24 bits per heavy atom. The Morgan fingerprint density at radius 3 is 2.83 bits per heavy atom. The molecule has 3 aromatic rings. The van der Waals surface area contributed by atoms with Gasteiger partial charge in [0.15, 0.2) is 0 Å². The maximum atomic E-state index is 13.7. The fourth-order valence-corrected chi connectivity index (χ4v) is 4.78. The molecule has 3 heterocycles. The van der Waals surface area contributed by atoms with Crippen LogP contribution in [-0.4, -0.2) is 71.3 Å². The summed E-state index contributed by atoms with van der Waals surface area (Å²) in [6, 6.07) is 7.78. The van der Waals surface area contributed by atoms with E-state index in [-0.39, 0.29) is 35.1 Å². The number of anilines is 3. The van der Waals surface area contributed by atoms with Crippen LogP contribution in [0.4, 0.5) is 21.6 Å². The van der Waals surface area contributed by atoms with Gasteiger partial charge < -0.3 is 24.8 Å². The van der Waals surface area contributed by atoms with Crippen molar-refractivity contribution in [2.24, 2.45) is 0 Å². The number of carbonyl (C=O) groups excluding carboxylic acids is 2. The van der Waals surface area contributed by atoms with Gasteiger partial charge in [-0.3, -0.25) is 14.5 Å². The van der Waals surface area contributed by atoms with Gasteiger partial charge in [0.25, 0.3) is 0 Å². The molecule has 2 aromatic carbocycles. The molecule has 2 N–H and O–H groups in total. The molecular weight excluding hydrogens is 553 g/mol. The Morgan fingerprint density at radius 2 is 2.05 bits per heavy atom. The Bertz CT molecular complexity index is 1480. The van der Waals surface area contributed by atoms with Crippen molar-refractivity contribution >= 4 is 51.6 Å². The molecule has 0 bridgehead atoms. The zero-order valence-corrected chi connectivity index (χ0v) is 23.5. The lowest BCUT2D eigenvalue weighted by Gasteiger charge is -2.40. The molecule has 0 spiro atoms. The Hall–Kier alpha value is -3.80. The third-order valence-corrected chi connectivity index (χ3v) is 7.29. The molecule has 0 saturated carbocycles. The lowest BCUT2D eigenvalue weighted by Crippen LogP contribution is -2.54. The molecule has 0 aliphatic carbocycles. The van der Waals surface area contributed by atoms with E-state index in [0.717, 1.165) is 12.8 Å². The summed E-state index contributed by atoms with van der Waals surface area (Å²) >= 11 is 5.96. The third kappa shape index (κ3) is 7.10. The number of benzene rings is 2. The highest BCUT2D eigenvalue weighted by atomic mass is 35.5. The average Bonchev–Trinajstić information content (AvgIpc) is 2.94. The molecule has 216 valence electrons. The second-order valence-corrected chi connectivity index (χ2v) is 10.9. The highest BCUT2D eigenvalue weighted by Gasteiger charge is 2.34. The molecule has 0 radical (unpaired) electrons. The minimum atomic E-state index is -0.526. The summed E-state index contributed by atoms with van der Waals surface area (Å²) in [5, 5.41) is 6.66. The first-order chi connectivity index (χ1) is 19.7. The van der Waals surface area contributed by atoms with E-state index in [1.54, 1.807) is 24.3 Å². The van der Waals surface area contributed by atoms with Crippen LogP contribution in [0.15, 0.2) is 48.8 Å². The number of amides is 1. The lowest BCUT2D eigenvalue weighted by atomic mass is 10.0. The van der Waals surface area contributed by atoms with Crippen LogP contribution in [0.1, 0.15) is 26.7 Å². The number of hydrogen-bond donors (Lipinski definition) is 2. The molecule has 0 unspecified atom stereocenters. The first-order valence-corrected chi connectivity index (χ1v) is 13.7. The van der Waals surface area contributed by atoms with Crippen LogP contribution in [0.2, 0.25) is 5.02 Å². The van der Waals surface area contributed by atoms with Gasteiger partial charge in [0.2, 0.25) is 5.91 Å². The molecule has 10 nitrogen and oxygen atoms in total. The van der Waals surface area contributed by atoms with E-state index in [2.05, 4.69) is 20.6 Å². The standard InChI is InChI=1S/C29H31ClFN5O5/c1-29(2)16-40-27(38)15-36(29)9-3-4-26(37)35-24-13-20-23(14-25(24)41-19-7-10-39-11-8-19)32-17-33-28(20)34-18-5-6-22(31)21(30)12-18/h3-6,12-14,17,19H,7-11,15-16H2,1-2H3,(H,35,37)(H,32,33,34). The normalized spacial score (nSPS) is 17.9. The SMILES string of the molecule is CC1(C)COC(=O)CN1CC=CC(=O)Nc1cc2c(Nc3ccc(F)c(Cl)c3)ncnc2cc1OC1CCOCC1. The van der Waals surface area contributed by atoms with E-state index in [0.29, 0.717) is 60.2 Å². The Labute approximate surface area is 241 Å². The van der Waals surface area contributed by atoms with Crippen LogP contribution in [-0.2, 0) is 19.1 Å². The summed E-state index contributed by atoms with van der Waals surface area (Å²) in [5.41, 5.74) is 1.23. The van der Waals surface area contributed by atoms with Crippen molar-refractivity contribution in [1.82, 2.24) is 14.9 Å². The summed E-state index contributed by atoms with van der Waals surface area (Å²) in [6.07, 6.45) is 5.92.